The molecular weight excluding hydrogens is 290 g/mol. The minimum Gasteiger partial charge on any atom is -0.486 e. The van der Waals surface area contributed by atoms with Crippen LogP contribution in [0.25, 0.3) is 0 Å². The summed E-state index contributed by atoms with van der Waals surface area (Å²) >= 11 is 0. The summed E-state index contributed by atoms with van der Waals surface area (Å²) < 4.78 is 16.0. The number of hydrogen-bond acceptors (Lipinski definition) is 5. The first-order valence-electron chi connectivity index (χ1n) is 6.89. The molecular formula is C15H19NO6. The van der Waals surface area contributed by atoms with E-state index in [2.05, 4.69) is 5.32 Å². The number of fused-ring (bicyclic) bond motifs is 1. The number of rotatable bonds is 3. The van der Waals surface area contributed by atoms with Gasteiger partial charge in [0, 0.05) is 5.56 Å². The van der Waals surface area contributed by atoms with E-state index in [9.17, 15) is 14.7 Å². The van der Waals surface area contributed by atoms with Crippen LogP contribution in [0, 0.1) is 0 Å². The number of amides is 1. The van der Waals surface area contributed by atoms with Crippen LogP contribution in [0.4, 0.5) is 4.79 Å². The molecule has 120 valence electrons. The lowest BCUT2D eigenvalue weighted by atomic mass is 10.0. The van der Waals surface area contributed by atoms with Crippen LogP contribution in [0.1, 0.15) is 32.4 Å². The van der Waals surface area contributed by atoms with Crippen molar-refractivity contribution in [1.82, 2.24) is 5.32 Å². The van der Waals surface area contributed by atoms with E-state index < -0.39 is 23.7 Å². The zero-order valence-electron chi connectivity index (χ0n) is 12.7. The minimum atomic E-state index is -1.29. The van der Waals surface area contributed by atoms with Crippen LogP contribution in [-0.4, -0.2) is 36.0 Å². The fraction of sp³-hybridized carbons (Fsp3) is 0.467. The number of benzene rings is 1. The van der Waals surface area contributed by atoms with Gasteiger partial charge in [0.25, 0.3) is 0 Å². The zero-order valence-corrected chi connectivity index (χ0v) is 12.7. The Bertz CT molecular complexity index is 578. The topological polar surface area (TPSA) is 94.1 Å². The normalized spacial score (nSPS) is 14.9. The maximum absolute atomic E-state index is 11.8. The van der Waals surface area contributed by atoms with Crippen LogP contribution in [0.5, 0.6) is 11.5 Å². The number of carbonyl (C=O) groups is 2. The largest absolute Gasteiger partial charge is 0.486 e. The molecule has 0 spiro atoms. The van der Waals surface area contributed by atoms with E-state index in [-0.39, 0.29) is 0 Å². The highest BCUT2D eigenvalue weighted by Crippen LogP contribution is 2.37. The minimum absolute atomic E-state index is 0.315. The third-order valence-corrected chi connectivity index (χ3v) is 2.82. The van der Waals surface area contributed by atoms with Crippen LogP contribution in [0.2, 0.25) is 0 Å². The Morgan fingerprint density at radius 2 is 1.95 bits per heavy atom. The van der Waals surface area contributed by atoms with Crippen molar-refractivity contribution < 1.29 is 28.9 Å². The molecule has 1 aliphatic heterocycles. The Balaban J connectivity index is 2.26. The number of carboxylic acids is 1. The van der Waals surface area contributed by atoms with Gasteiger partial charge in [-0.05, 0) is 26.8 Å². The lowest BCUT2D eigenvalue weighted by Crippen LogP contribution is -2.38. The van der Waals surface area contributed by atoms with Crippen LogP contribution in [0.3, 0.4) is 0 Å². The highest BCUT2D eigenvalue weighted by molar-refractivity contribution is 5.82. The van der Waals surface area contributed by atoms with E-state index >= 15 is 0 Å². The van der Waals surface area contributed by atoms with E-state index in [0.717, 1.165) is 0 Å². The van der Waals surface area contributed by atoms with E-state index in [1.54, 1.807) is 39.0 Å². The summed E-state index contributed by atoms with van der Waals surface area (Å²) in [5.41, 5.74) is -0.404. The third-order valence-electron chi connectivity index (χ3n) is 2.82. The first-order valence-corrected chi connectivity index (χ1v) is 6.89. The second-order valence-electron chi connectivity index (χ2n) is 5.79. The van der Waals surface area contributed by atoms with Crippen molar-refractivity contribution in [3.8, 4) is 11.5 Å². The first-order chi connectivity index (χ1) is 10.3. The van der Waals surface area contributed by atoms with Crippen LogP contribution < -0.4 is 14.8 Å². The smallest absolute Gasteiger partial charge is 0.408 e. The number of carboxylic acid groups (broad SMARTS) is 1. The van der Waals surface area contributed by atoms with E-state index in [0.29, 0.717) is 30.3 Å². The van der Waals surface area contributed by atoms with E-state index in [1.807, 2.05) is 0 Å². The molecule has 7 nitrogen and oxygen atoms in total. The molecule has 0 aromatic heterocycles. The quantitative estimate of drug-likeness (QED) is 0.888. The number of aliphatic carboxylic acids is 1. The second kappa shape index (κ2) is 6.13. The Labute approximate surface area is 128 Å². The number of carbonyl (C=O) groups excluding carboxylic acids is 1. The summed E-state index contributed by atoms with van der Waals surface area (Å²) in [6.45, 7) is 5.81. The highest BCUT2D eigenvalue weighted by Gasteiger charge is 2.30. The number of para-hydroxylation sites is 1. The molecule has 1 atom stereocenters. The van der Waals surface area contributed by atoms with Crippen molar-refractivity contribution in [1.29, 1.82) is 0 Å². The number of nitrogens with one attached hydrogen (secondary N) is 1. The summed E-state index contributed by atoms with van der Waals surface area (Å²) in [5.74, 6) is -0.424. The van der Waals surface area contributed by atoms with Crippen molar-refractivity contribution in [2.45, 2.75) is 32.4 Å². The highest BCUT2D eigenvalue weighted by atomic mass is 16.6. The van der Waals surface area contributed by atoms with Gasteiger partial charge in [-0.25, -0.2) is 9.59 Å². The van der Waals surface area contributed by atoms with Gasteiger partial charge in [-0.1, -0.05) is 12.1 Å². The average molecular weight is 309 g/mol. The van der Waals surface area contributed by atoms with Crippen LogP contribution in [-0.2, 0) is 9.53 Å². The Morgan fingerprint density at radius 1 is 1.27 bits per heavy atom. The fourth-order valence-electron chi connectivity index (χ4n) is 2.02. The van der Waals surface area contributed by atoms with Crippen molar-refractivity contribution in [2.24, 2.45) is 0 Å². The van der Waals surface area contributed by atoms with Crippen molar-refractivity contribution in [3.05, 3.63) is 23.8 Å². The van der Waals surface area contributed by atoms with Crippen molar-refractivity contribution in [2.75, 3.05) is 13.2 Å². The van der Waals surface area contributed by atoms with Crippen LogP contribution in [0.15, 0.2) is 18.2 Å². The summed E-state index contributed by atoms with van der Waals surface area (Å²) in [5, 5.41) is 11.8. The molecule has 0 saturated carbocycles. The predicted molar refractivity (Wildman–Crippen MR) is 77.2 cm³/mol. The van der Waals surface area contributed by atoms with Crippen molar-refractivity contribution in [3.63, 3.8) is 0 Å². The van der Waals surface area contributed by atoms with Gasteiger partial charge in [-0.2, -0.15) is 0 Å². The Hall–Kier alpha value is -2.44. The number of ether oxygens (including phenoxy) is 3. The molecule has 7 heteroatoms. The molecule has 1 aliphatic rings. The SMILES string of the molecule is CC(C)(C)OC(=O)NC(C(=O)O)c1cccc2c1OCCO2. The lowest BCUT2D eigenvalue weighted by Gasteiger charge is -2.25. The average Bonchev–Trinajstić information content (AvgIpc) is 2.42. The molecule has 1 aromatic carbocycles. The van der Waals surface area contributed by atoms with Crippen molar-refractivity contribution >= 4 is 12.1 Å². The fourth-order valence-corrected chi connectivity index (χ4v) is 2.02. The van der Waals surface area contributed by atoms with Gasteiger partial charge in [-0.15, -0.1) is 0 Å². The van der Waals surface area contributed by atoms with Gasteiger partial charge in [0.1, 0.15) is 18.8 Å². The summed E-state index contributed by atoms with van der Waals surface area (Å²) in [7, 11) is 0. The van der Waals surface area contributed by atoms with Gasteiger partial charge in [0.05, 0.1) is 0 Å². The molecule has 2 N–H and O–H groups in total. The van der Waals surface area contributed by atoms with Gasteiger partial charge < -0.3 is 24.6 Å². The zero-order chi connectivity index (χ0) is 16.3. The summed E-state index contributed by atoms with van der Waals surface area (Å²) in [6, 6.07) is 3.62. The summed E-state index contributed by atoms with van der Waals surface area (Å²) in [6.07, 6.45) is -0.811. The molecule has 0 aliphatic carbocycles. The van der Waals surface area contributed by atoms with Gasteiger partial charge in [0.15, 0.2) is 17.5 Å². The van der Waals surface area contributed by atoms with E-state index in [4.69, 9.17) is 14.2 Å². The maximum Gasteiger partial charge on any atom is 0.408 e. The maximum atomic E-state index is 11.8. The lowest BCUT2D eigenvalue weighted by molar-refractivity contribution is -0.139. The molecule has 0 radical (unpaired) electrons. The molecule has 0 saturated heterocycles. The monoisotopic (exact) mass is 309 g/mol. The molecule has 1 unspecified atom stereocenters. The third kappa shape index (κ3) is 3.81. The predicted octanol–water partition coefficient (Wildman–Crippen LogP) is 2.11. The van der Waals surface area contributed by atoms with Gasteiger partial charge >= 0.3 is 12.1 Å². The standard InChI is InChI=1S/C15H19NO6/c1-15(2,3)22-14(19)16-11(13(17)18)9-5-4-6-10-12(9)21-8-7-20-10/h4-6,11H,7-8H2,1-3H3,(H,16,19)(H,17,18). The van der Waals surface area contributed by atoms with Gasteiger partial charge in [0.2, 0.25) is 0 Å². The number of alkyl carbamates (subject to hydrolysis) is 1. The molecule has 0 bridgehead atoms. The summed E-state index contributed by atoms with van der Waals surface area (Å²) in [4.78, 5) is 23.4. The van der Waals surface area contributed by atoms with Gasteiger partial charge in [-0.3, -0.25) is 0 Å². The van der Waals surface area contributed by atoms with E-state index in [1.165, 1.54) is 0 Å². The molecule has 22 heavy (non-hydrogen) atoms. The first kappa shape index (κ1) is 15.9. The second-order valence-corrected chi connectivity index (χ2v) is 5.79. The Kier molecular flexibility index (Phi) is 4.44. The molecule has 1 amide bonds. The van der Waals surface area contributed by atoms with Crippen LogP contribution >= 0.6 is 0 Å². The number of hydrogen-bond donors (Lipinski definition) is 2. The Morgan fingerprint density at radius 3 is 2.59 bits per heavy atom. The molecule has 2 rings (SSSR count). The molecule has 1 aromatic rings. The molecule has 0 fully saturated rings. The molecule has 1 heterocycles.